The van der Waals surface area contributed by atoms with Crippen molar-refractivity contribution >= 4 is 11.8 Å². The fourth-order valence-electron chi connectivity index (χ4n) is 5.15. The number of benzene rings is 2. The molecule has 0 radical (unpaired) electrons. The number of hydrogen-bond acceptors (Lipinski definition) is 5. The summed E-state index contributed by atoms with van der Waals surface area (Å²) >= 11 is 0. The van der Waals surface area contributed by atoms with Gasteiger partial charge in [0.1, 0.15) is 0 Å². The molecule has 0 bridgehead atoms. The van der Waals surface area contributed by atoms with Crippen molar-refractivity contribution in [3.8, 4) is 11.5 Å². The first-order chi connectivity index (χ1) is 15.7. The Morgan fingerprint density at radius 2 is 1.91 bits per heavy atom. The van der Waals surface area contributed by atoms with Gasteiger partial charge in [0.2, 0.25) is 12.7 Å². The quantitative estimate of drug-likeness (QED) is 0.649. The van der Waals surface area contributed by atoms with Crippen molar-refractivity contribution in [1.29, 1.82) is 0 Å². The van der Waals surface area contributed by atoms with Crippen molar-refractivity contribution in [3.63, 3.8) is 0 Å². The molecule has 2 heterocycles. The van der Waals surface area contributed by atoms with Gasteiger partial charge in [0.05, 0.1) is 0 Å². The smallest absolute Gasteiger partial charge is 0.251 e. The van der Waals surface area contributed by atoms with Crippen LogP contribution in [0.15, 0.2) is 42.5 Å². The van der Waals surface area contributed by atoms with E-state index in [1.807, 2.05) is 36.4 Å². The van der Waals surface area contributed by atoms with E-state index < -0.39 is 0 Å². The summed E-state index contributed by atoms with van der Waals surface area (Å²) in [5.74, 6) is 2.04. The molecule has 7 nitrogen and oxygen atoms in total. The van der Waals surface area contributed by atoms with Gasteiger partial charge in [-0.1, -0.05) is 31.0 Å². The Bertz CT molecular complexity index is 1010. The molecule has 2 aromatic carbocycles. The number of nitrogens with one attached hydrogen (secondary N) is 3. The van der Waals surface area contributed by atoms with Gasteiger partial charge in [-0.25, -0.2) is 5.43 Å². The van der Waals surface area contributed by atoms with Crippen molar-refractivity contribution < 1.29 is 19.1 Å². The van der Waals surface area contributed by atoms with Crippen LogP contribution < -0.4 is 25.6 Å². The van der Waals surface area contributed by atoms with Gasteiger partial charge in [0.15, 0.2) is 11.5 Å². The lowest BCUT2D eigenvalue weighted by Gasteiger charge is -2.41. The Hall–Kier alpha value is -3.06. The second-order valence-corrected chi connectivity index (χ2v) is 8.89. The second kappa shape index (κ2) is 9.20. The van der Waals surface area contributed by atoms with Crippen LogP contribution in [0.2, 0.25) is 0 Å². The first-order valence-corrected chi connectivity index (χ1v) is 11.5. The van der Waals surface area contributed by atoms with Crippen molar-refractivity contribution in [2.24, 2.45) is 11.8 Å². The van der Waals surface area contributed by atoms with E-state index in [9.17, 15) is 9.59 Å². The van der Waals surface area contributed by atoms with E-state index in [1.165, 1.54) is 6.42 Å². The van der Waals surface area contributed by atoms with Gasteiger partial charge in [-0.2, -0.15) is 0 Å². The maximum absolute atomic E-state index is 12.7. The largest absolute Gasteiger partial charge is 0.454 e. The van der Waals surface area contributed by atoms with Crippen LogP contribution in [0, 0.1) is 11.8 Å². The molecule has 0 aromatic heterocycles. The first kappa shape index (κ1) is 20.8. The van der Waals surface area contributed by atoms with Crippen LogP contribution in [-0.2, 0) is 17.6 Å². The zero-order valence-electron chi connectivity index (χ0n) is 18.1. The molecule has 5 rings (SSSR count). The number of hydrazine groups is 1. The molecule has 1 aliphatic carbocycles. The first-order valence-electron chi connectivity index (χ1n) is 11.5. The number of hydrogen-bond donors (Lipinski definition) is 3. The number of amides is 2. The van der Waals surface area contributed by atoms with Crippen LogP contribution in [0.4, 0.5) is 0 Å². The van der Waals surface area contributed by atoms with Gasteiger partial charge in [0, 0.05) is 24.1 Å². The number of ether oxygens (including phenoxy) is 2. The summed E-state index contributed by atoms with van der Waals surface area (Å²) in [4.78, 5) is 24.9. The number of fused-ring (bicyclic) bond motifs is 2. The molecule has 3 unspecified atom stereocenters. The van der Waals surface area contributed by atoms with E-state index in [4.69, 9.17) is 9.47 Å². The molecule has 1 saturated carbocycles. The van der Waals surface area contributed by atoms with Gasteiger partial charge >= 0.3 is 0 Å². The maximum atomic E-state index is 12.7. The van der Waals surface area contributed by atoms with Crippen molar-refractivity contribution in [3.05, 3.63) is 59.2 Å². The summed E-state index contributed by atoms with van der Waals surface area (Å²) in [6.45, 7) is 0.804. The molecule has 1 saturated heterocycles. The zero-order chi connectivity index (χ0) is 21.9. The monoisotopic (exact) mass is 435 g/mol. The summed E-state index contributed by atoms with van der Waals surface area (Å²) in [5, 5.41) is 3.01. The molecule has 3 N–H and O–H groups in total. The van der Waals surface area contributed by atoms with Gasteiger partial charge in [0.25, 0.3) is 5.91 Å². The van der Waals surface area contributed by atoms with Gasteiger partial charge < -0.3 is 14.8 Å². The van der Waals surface area contributed by atoms with E-state index in [2.05, 4.69) is 22.2 Å². The highest BCUT2D eigenvalue weighted by molar-refractivity contribution is 5.94. The molecule has 3 aliphatic rings. The molecular formula is C25H29N3O4. The Balaban J connectivity index is 1.17. The zero-order valence-corrected chi connectivity index (χ0v) is 18.1. The third-order valence-electron chi connectivity index (χ3n) is 6.83. The van der Waals surface area contributed by atoms with Crippen LogP contribution in [0.1, 0.15) is 47.2 Å². The lowest BCUT2D eigenvalue weighted by atomic mass is 9.72. The standard InChI is InChI=1S/C25H29N3O4/c29-24(26-11-10-16-8-9-22-23(14-16)32-15-31-22)18-5-3-4-17(12-18)13-21-19-6-1-2-7-20(19)25(30)28-27-21/h3-5,8-9,12,14,19-21,27H,1-2,6-7,10-11,13,15H2,(H,26,29)(H,28,30). The SMILES string of the molecule is O=C(NCCc1ccc2c(c1)OCO2)c1cccc(CC2NNC(=O)C3CCCCC23)c1. The predicted molar refractivity (Wildman–Crippen MR) is 119 cm³/mol. The highest BCUT2D eigenvalue weighted by Gasteiger charge is 2.39. The summed E-state index contributed by atoms with van der Waals surface area (Å²) in [7, 11) is 0. The highest BCUT2D eigenvalue weighted by atomic mass is 16.7. The van der Waals surface area contributed by atoms with E-state index in [1.54, 1.807) is 0 Å². The van der Waals surface area contributed by atoms with Gasteiger partial charge in [-0.3, -0.25) is 15.0 Å². The van der Waals surface area contributed by atoms with Crippen molar-refractivity contribution in [2.45, 2.75) is 44.6 Å². The number of carbonyl (C=O) groups is 2. The normalized spacial score (nSPS) is 23.9. The minimum Gasteiger partial charge on any atom is -0.454 e. The molecule has 2 aliphatic heterocycles. The molecule has 32 heavy (non-hydrogen) atoms. The summed E-state index contributed by atoms with van der Waals surface area (Å²) < 4.78 is 10.7. The topological polar surface area (TPSA) is 88.7 Å². The summed E-state index contributed by atoms with van der Waals surface area (Å²) in [5.41, 5.74) is 8.94. The number of carbonyl (C=O) groups excluding carboxylic acids is 2. The van der Waals surface area contributed by atoms with Crippen LogP contribution in [0.5, 0.6) is 11.5 Å². The minimum atomic E-state index is -0.0759. The van der Waals surface area contributed by atoms with Crippen LogP contribution in [0.25, 0.3) is 0 Å². The molecule has 2 fully saturated rings. The summed E-state index contributed by atoms with van der Waals surface area (Å²) in [6, 6.07) is 13.9. The Morgan fingerprint density at radius 3 is 2.84 bits per heavy atom. The average molecular weight is 436 g/mol. The summed E-state index contributed by atoms with van der Waals surface area (Å²) in [6.07, 6.45) is 5.87. The molecule has 168 valence electrons. The lowest BCUT2D eigenvalue weighted by Crippen LogP contribution is -2.60. The highest BCUT2D eigenvalue weighted by Crippen LogP contribution is 2.35. The van der Waals surface area contributed by atoms with E-state index in [0.29, 0.717) is 18.0 Å². The van der Waals surface area contributed by atoms with Crippen molar-refractivity contribution in [1.82, 2.24) is 16.2 Å². The molecule has 7 heteroatoms. The van der Waals surface area contributed by atoms with Gasteiger partial charge in [-0.15, -0.1) is 0 Å². The van der Waals surface area contributed by atoms with Crippen LogP contribution in [-0.4, -0.2) is 31.2 Å². The number of rotatable bonds is 6. The lowest BCUT2D eigenvalue weighted by molar-refractivity contribution is -0.133. The Kier molecular flexibility index (Phi) is 5.99. The van der Waals surface area contributed by atoms with E-state index in [0.717, 1.165) is 54.7 Å². The minimum absolute atomic E-state index is 0.0759. The second-order valence-electron chi connectivity index (χ2n) is 8.89. The van der Waals surface area contributed by atoms with Crippen LogP contribution >= 0.6 is 0 Å². The molecule has 0 spiro atoms. The Labute approximate surface area is 187 Å². The fraction of sp³-hybridized carbons (Fsp3) is 0.440. The third-order valence-corrected chi connectivity index (χ3v) is 6.83. The maximum Gasteiger partial charge on any atom is 0.251 e. The molecule has 2 aromatic rings. The van der Waals surface area contributed by atoms with Crippen molar-refractivity contribution in [2.75, 3.05) is 13.3 Å². The third kappa shape index (κ3) is 4.43. The average Bonchev–Trinajstić information content (AvgIpc) is 3.29. The van der Waals surface area contributed by atoms with E-state index >= 15 is 0 Å². The Morgan fingerprint density at radius 1 is 1.03 bits per heavy atom. The van der Waals surface area contributed by atoms with Gasteiger partial charge in [-0.05, 0) is 67.0 Å². The molecule has 2 amide bonds. The predicted octanol–water partition coefficient (Wildman–Crippen LogP) is 2.74. The molecule has 3 atom stereocenters. The molecular weight excluding hydrogens is 406 g/mol. The van der Waals surface area contributed by atoms with Crippen LogP contribution in [0.3, 0.4) is 0 Å². The van der Waals surface area contributed by atoms with E-state index in [-0.39, 0.29) is 30.6 Å². The fourth-order valence-corrected chi connectivity index (χ4v) is 5.15.